The van der Waals surface area contributed by atoms with Crippen LogP contribution >= 0.6 is 0 Å². The summed E-state index contributed by atoms with van der Waals surface area (Å²) >= 11 is 0. The van der Waals surface area contributed by atoms with Crippen LogP contribution < -0.4 is 4.74 Å². The largest absolute Gasteiger partial charge is 0.457 e. The zero-order valence-electron chi connectivity index (χ0n) is 12.8. The number of benzene rings is 1. The second-order valence-electron chi connectivity index (χ2n) is 6.26. The Balaban J connectivity index is 1.90. The first-order valence-electron chi connectivity index (χ1n) is 7.02. The van der Waals surface area contributed by atoms with E-state index in [9.17, 15) is 0 Å². The SMILES string of the molecule is Cc1cc(C(C)(C)C)ccc1Oc1ccn2ncnc2c1. The summed E-state index contributed by atoms with van der Waals surface area (Å²) in [5.74, 6) is 1.63. The maximum Gasteiger partial charge on any atom is 0.158 e. The van der Waals surface area contributed by atoms with Crippen LogP contribution in [0.2, 0.25) is 0 Å². The highest BCUT2D eigenvalue weighted by Crippen LogP contribution is 2.30. The molecule has 0 amide bonds. The van der Waals surface area contributed by atoms with Crippen molar-refractivity contribution in [1.29, 1.82) is 0 Å². The number of nitrogens with zero attached hydrogens (tertiary/aromatic N) is 3. The molecule has 0 aliphatic heterocycles. The van der Waals surface area contributed by atoms with Crippen molar-refractivity contribution in [2.45, 2.75) is 33.1 Å². The average molecular weight is 281 g/mol. The predicted molar refractivity (Wildman–Crippen MR) is 82.9 cm³/mol. The molecule has 21 heavy (non-hydrogen) atoms. The Bertz CT molecular complexity index is 784. The quantitative estimate of drug-likeness (QED) is 0.709. The number of hydrogen-bond donors (Lipinski definition) is 0. The van der Waals surface area contributed by atoms with Gasteiger partial charge < -0.3 is 4.74 Å². The lowest BCUT2D eigenvalue weighted by atomic mass is 9.86. The molecule has 0 unspecified atom stereocenters. The number of aromatic nitrogens is 3. The maximum absolute atomic E-state index is 5.97. The highest BCUT2D eigenvalue weighted by atomic mass is 16.5. The Hall–Kier alpha value is -2.36. The summed E-state index contributed by atoms with van der Waals surface area (Å²) < 4.78 is 7.68. The van der Waals surface area contributed by atoms with Crippen LogP contribution in [-0.2, 0) is 5.41 Å². The zero-order valence-corrected chi connectivity index (χ0v) is 12.8. The van der Waals surface area contributed by atoms with Gasteiger partial charge in [-0.25, -0.2) is 9.50 Å². The van der Waals surface area contributed by atoms with E-state index in [1.54, 1.807) is 4.52 Å². The molecule has 0 spiro atoms. The molecule has 0 aliphatic carbocycles. The lowest BCUT2D eigenvalue weighted by molar-refractivity contribution is 0.477. The van der Waals surface area contributed by atoms with E-state index >= 15 is 0 Å². The summed E-state index contributed by atoms with van der Waals surface area (Å²) in [6, 6.07) is 10.1. The van der Waals surface area contributed by atoms with Crippen LogP contribution in [0.1, 0.15) is 31.9 Å². The second-order valence-corrected chi connectivity index (χ2v) is 6.26. The molecule has 108 valence electrons. The Labute approximate surface area is 124 Å². The van der Waals surface area contributed by atoms with E-state index in [0.717, 1.165) is 22.7 Å². The minimum absolute atomic E-state index is 0.143. The van der Waals surface area contributed by atoms with Gasteiger partial charge in [-0.05, 0) is 35.6 Å². The highest BCUT2D eigenvalue weighted by molar-refractivity contribution is 5.46. The lowest BCUT2D eigenvalue weighted by Gasteiger charge is -2.20. The Morgan fingerprint density at radius 2 is 1.90 bits per heavy atom. The molecule has 0 aliphatic rings. The molecular weight excluding hydrogens is 262 g/mol. The van der Waals surface area contributed by atoms with Gasteiger partial charge in [-0.2, -0.15) is 5.10 Å². The summed E-state index contributed by atoms with van der Waals surface area (Å²) in [5, 5.41) is 4.07. The molecule has 0 N–H and O–H groups in total. The fourth-order valence-electron chi connectivity index (χ4n) is 2.22. The van der Waals surface area contributed by atoms with Crippen molar-refractivity contribution in [1.82, 2.24) is 14.6 Å². The minimum atomic E-state index is 0.143. The van der Waals surface area contributed by atoms with E-state index < -0.39 is 0 Å². The van der Waals surface area contributed by atoms with Gasteiger partial charge in [0, 0.05) is 12.3 Å². The highest BCUT2D eigenvalue weighted by Gasteiger charge is 2.15. The smallest absolute Gasteiger partial charge is 0.158 e. The molecule has 4 heteroatoms. The van der Waals surface area contributed by atoms with Crippen LogP contribution in [0.25, 0.3) is 5.65 Å². The van der Waals surface area contributed by atoms with Crippen molar-refractivity contribution >= 4 is 5.65 Å². The molecule has 0 radical (unpaired) electrons. The third-order valence-corrected chi connectivity index (χ3v) is 3.52. The van der Waals surface area contributed by atoms with E-state index in [1.165, 1.54) is 11.9 Å². The summed E-state index contributed by atoms with van der Waals surface area (Å²) in [6.07, 6.45) is 3.37. The topological polar surface area (TPSA) is 39.4 Å². The number of aryl methyl sites for hydroxylation is 1. The monoisotopic (exact) mass is 281 g/mol. The molecule has 0 saturated carbocycles. The van der Waals surface area contributed by atoms with Gasteiger partial charge in [-0.1, -0.05) is 32.9 Å². The van der Waals surface area contributed by atoms with Gasteiger partial charge in [0.2, 0.25) is 0 Å². The van der Waals surface area contributed by atoms with Gasteiger partial charge in [0.05, 0.1) is 0 Å². The Morgan fingerprint density at radius 3 is 2.62 bits per heavy atom. The third-order valence-electron chi connectivity index (χ3n) is 3.52. The standard InChI is InChI=1S/C17H19N3O/c1-12-9-13(17(2,3)4)5-6-15(12)21-14-7-8-20-16(10-14)18-11-19-20/h5-11H,1-4H3. The second kappa shape index (κ2) is 4.88. The molecule has 1 aromatic carbocycles. The van der Waals surface area contributed by atoms with Gasteiger partial charge in [0.1, 0.15) is 17.8 Å². The first-order valence-corrected chi connectivity index (χ1v) is 7.02. The van der Waals surface area contributed by atoms with E-state index in [4.69, 9.17) is 4.74 Å². The van der Waals surface area contributed by atoms with Gasteiger partial charge in [0.25, 0.3) is 0 Å². The molecule has 0 saturated heterocycles. The number of rotatable bonds is 2. The third kappa shape index (κ3) is 2.75. The van der Waals surface area contributed by atoms with E-state index in [0.29, 0.717) is 0 Å². The molecular formula is C17H19N3O. The molecule has 0 bridgehead atoms. The van der Waals surface area contributed by atoms with Gasteiger partial charge in [-0.15, -0.1) is 0 Å². The van der Waals surface area contributed by atoms with Crippen molar-refractivity contribution in [2.75, 3.05) is 0 Å². The number of ether oxygens (including phenoxy) is 1. The van der Waals surface area contributed by atoms with E-state index in [-0.39, 0.29) is 5.41 Å². The average Bonchev–Trinajstić information content (AvgIpc) is 2.87. The lowest BCUT2D eigenvalue weighted by Crippen LogP contribution is -2.11. The van der Waals surface area contributed by atoms with Crippen molar-refractivity contribution in [3.8, 4) is 11.5 Å². The van der Waals surface area contributed by atoms with E-state index in [1.807, 2.05) is 24.4 Å². The van der Waals surface area contributed by atoms with Crippen LogP contribution in [0.15, 0.2) is 42.9 Å². The molecule has 3 aromatic rings. The summed E-state index contributed by atoms with van der Waals surface area (Å²) in [4.78, 5) is 4.16. The normalized spacial score (nSPS) is 11.8. The fraction of sp³-hybridized carbons (Fsp3) is 0.294. The number of hydrogen-bond acceptors (Lipinski definition) is 3. The molecule has 2 aromatic heterocycles. The van der Waals surface area contributed by atoms with Gasteiger partial charge >= 0.3 is 0 Å². The molecule has 2 heterocycles. The minimum Gasteiger partial charge on any atom is -0.457 e. The fourth-order valence-corrected chi connectivity index (χ4v) is 2.22. The molecule has 0 fully saturated rings. The van der Waals surface area contributed by atoms with Crippen LogP contribution in [0.3, 0.4) is 0 Å². The molecule has 4 nitrogen and oxygen atoms in total. The first kappa shape index (κ1) is 13.6. The Morgan fingerprint density at radius 1 is 1.10 bits per heavy atom. The maximum atomic E-state index is 5.97. The van der Waals surface area contributed by atoms with Crippen molar-refractivity contribution in [2.24, 2.45) is 0 Å². The molecule has 3 rings (SSSR count). The van der Waals surface area contributed by atoms with Crippen LogP contribution in [-0.4, -0.2) is 14.6 Å². The van der Waals surface area contributed by atoms with Crippen molar-refractivity contribution < 1.29 is 4.74 Å². The van der Waals surface area contributed by atoms with Crippen molar-refractivity contribution in [3.05, 3.63) is 54.0 Å². The van der Waals surface area contributed by atoms with Gasteiger partial charge in [0.15, 0.2) is 5.65 Å². The summed E-state index contributed by atoms with van der Waals surface area (Å²) in [6.45, 7) is 8.70. The number of fused-ring (bicyclic) bond motifs is 1. The van der Waals surface area contributed by atoms with Crippen molar-refractivity contribution in [3.63, 3.8) is 0 Å². The zero-order chi connectivity index (χ0) is 15.0. The number of pyridine rings is 1. The van der Waals surface area contributed by atoms with Gasteiger partial charge in [-0.3, -0.25) is 0 Å². The summed E-state index contributed by atoms with van der Waals surface area (Å²) in [5.41, 5.74) is 3.35. The van der Waals surface area contributed by atoms with Crippen LogP contribution in [0.4, 0.5) is 0 Å². The first-order chi connectivity index (χ1) is 9.93. The Kier molecular flexibility index (Phi) is 3.16. The van der Waals surface area contributed by atoms with Crippen LogP contribution in [0, 0.1) is 6.92 Å². The predicted octanol–water partition coefficient (Wildman–Crippen LogP) is 4.13. The summed E-state index contributed by atoms with van der Waals surface area (Å²) in [7, 11) is 0. The molecule has 0 atom stereocenters. The van der Waals surface area contributed by atoms with Crippen LogP contribution in [0.5, 0.6) is 11.5 Å². The van der Waals surface area contributed by atoms with E-state index in [2.05, 4.69) is 49.9 Å².